The summed E-state index contributed by atoms with van der Waals surface area (Å²) in [7, 11) is 0. The van der Waals surface area contributed by atoms with E-state index in [1.165, 1.54) is 0 Å². The number of hydrogen-bond acceptors (Lipinski definition) is 5. The van der Waals surface area contributed by atoms with Gasteiger partial charge in [0.2, 0.25) is 5.79 Å². The number of pyridine rings is 1. The van der Waals surface area contributed by atoms with E-state index in [9.17, 15) is 4.79 Å². The minimum atomic E-state index is -0.738. The van der Waals surface area contributed by atoms with Crippen molar-refractivity contribution in [2.45, 2.75) is 44.4 Å². The number of ether oxygens (including phenoxy) is 2. The fraction of sp³-hybridized carbons (Fsp3) is 0.355. The highest BCUT2D eigenvalue weighted by Gasteiger charge is 2.48. The molecule has 9 heteroatoms. The number of urea groups is 1. The zero-order valence-electron chi connectivity index (χ0n) is 22.6. The third-order valence-electron chi connectivity index (χ3n) is 7.93. The molecule has 208 valence electrons. The molecule has 0 unspecified atom stereocenters. The van der Waals surface area contributed by atoms with Gasteiger partial charge in [-0.15, -0.1) is 0 Å². The van der Waals surface area contributed by atoms with Crippen molar-refractivity contribution in [3.63, 3.8) is 0 Å². The Morgan fingerprint density at radius 1 is 1.05 bits per heavy atom. The van der Waals surface area contributed by atoms with Crippen molar-refractivity contribution in [3.8, 4) is 11.5 Å². The number of benzene rings is 2. The largest absolute Gasteiger partial charge is 0.449 e. The van der Waals surface area contributed by atoms with Crippen LogP contribution in [0.5, 0.6) is 11.5 Å². The summed E-state index contributed by atoms with van der Waals surface area (Å²) in [6.07, 6.45) is 7.87. The molecule has 7 nitrogen and oxygen atoms in total. The molecule has 40 heavy (non-hydrogen) atoms. The third kappa shape index (κ3) is 5.51. The lowest BCUT2D eigenvalue weighted by Crippen LogP contribution is -2.47. The monoisotopic (exact) mass is 578 g/mol. The maximum atomic E-state index is 13.5. The van der Waals surface area contributed by atoms with Gasteiger partial charge in [-0.25, -0.2) is 9.78 Å². The van der Waals surface area contributed by atoms with Crippen molar-refractivity contribution in [1.29, 1.82) is 0 Å². The van der Waals surface area contributed by atoms with Gasteiger partial charge in [0.25, 0.3) is 0 Å². The van der Waals surface area contributed by atoms with E-state index in [-0.39, 0.29) is 11.4 Å². The second-order valence-electron chi connectivity index (χ2n) is 11.2. The summed E-state index contributed by atoms with van der Waals surface area (Å²) in [5.74, 6) is 0.673. The molecule has 1 saturated heterocycles. The molecule has 3 aliphatic rings. The second-order valence-corrected chi connectivity index (χ2v) is 12.0. The summed E-state index contributed by atoms with van der Waals surface area (Å²) in [5.41, 5.74) is 3.94. The molecule has 0 radical (unpaired) electrons. The standard InChI is InChI=1S/C31H32Cl2N4O3/c1-30(2)39-26-17-24-25(18-27(26)40-30)37(29(38)35-19-22-9-12-34-28(33)16-22)20-31(24)10-14-36(15-11-31)13-3-4-21-5-7-23(32)8-6-21/h3-9,12,16-18H,10-11,13-15,19-20H2,1-2H3,(H,35,38)/b4-3+. The topological polar surface area (TPSA) is 66.9 Å². The van der Waals surface area contributed by atoms with E-state index in [1.54, 1.807) is 12.3 Å². The van der Waals surface area contributed by atoms with Crippen LogP contribution >= 0.6 is 23.2 Å². The zero-order chi connectivity index (χ0) is 27.9. The van der Waals surface area contributed by atoms with Crippen molar-refractivity contribution in [2.75, 3.05) is 31.1 Å². The first-order chi connectivity index (χ1) is 19.2. The van der Waals surface area contributed by atoms with Crippen LogP contribution in [0.25, 0.3) is 6.08 Å². The van der Waals surface area contributed by atoms with Crippen LogP contribution in [0.4, 0.5) is 10.5 Å². The lowest BCUT2D eigenvalue weighted by Gasteiger charge is -2.39. The van der Waals surface area contributed by atoms with E-state index < -0.39 is 5.79 Å². The highest BCUT2D eigenvalue weighted by atomic mass is 35.5. The molecule has 0 atom stereocenters. The Labute approximate surface area is 244 Å². The number of fused-ring (bicyclic) bond motifs is 3. The molecular weight excluding hydrogens is 547 g/mol. The van der Waals surface area contributed by atoms with Gasteiger partial charge in [0.05, 0.1) is 5.69 Å². The molecule has 2 aromatic carbocycles. The summed E-state index contributed by atoms with van der Waals surface area (Å²) in [6.45, 7) is 7.53. The summed E-state index contributed by atoms with van der Waals surface area (Å²) < 4.78 is 12.1. The Balaban J connectivity index is 1.19. The van der Waals surface area contributed by atoms with Gasteiger partial charge >= 0.3 is 6.03 Å². The Bertz CT molecular complexity index is 1450. The first-order valence-electron chi connectivity index (χ1n) is 13.6. The average Bonchev–Trinajstić information content (AvgIpc) is 3.40. The van der Waals surface area contributed by atoms with Gasteiger partial charge in [0, 0.05) is 56.2 Å². The predicted octanol–water partition coefficient (Wildman–Crippen LogP) is 6.67. The lowest BCUT2D eigenvalue weighted by atomic mass is 9.74. The number of nitrogens with one attached hydrogen (secondary N) is 1. The van der Waals surface area contributed by atoms with Crippen molar-refractivity contribution in [2.24, 2.45) is 0 Å². The number of carbonyl (C=O) groups is 1. The minimum Gasteiger partial charge on any atom is -0.449 e. The molecule has 4 heterocycles. The fourth-order valence-corrected chi connectivity index (χ4v) is 6.21. The summed E-state index contributed by atoms with van der Waals surface area (Å²) in [5, 5.41) is 4.22. The average molecular weight is 580 g/mol. The molecule has 1 aromatic heterocycles. The fourth-order valence-electron chi connectivity index (χ4n) is 5.89. The first kappa shape index (κ1) is 26.9. The van der Waals surface area contributed by atoms with Crippen LogP contribution < -0.4 is 19.7 Å². The van der Waals surface area contributed by atoms with Crippen LogP contribution in [0.1, 0.15) is 43.4 Å². The maximum Gasteiger partial charge on any atom is 0.322 e. The molecule has 1 spiro atoms. The lowest BCUT2D eigenvalue weighted by molar-refractivity contribution is -0.0431. The molecule has 6 rings (SSSR count). The van der Waals surface area contributed by atoms with Gasteiger partial charge in [0.15, 0.2) is 11.5 Å². The van der Waals surface area contributed by atoms with E-state index in [2.05, 4.69) is 33.4 Å². The summed E-state index contributed by atoms with van der Waals surface area (Å²) in [4.78, 5) is 21.9. The normalized spacial score (nSPS) is 18.9. The van der Waals surface area contributed by atoms with E-state index in [0.717, 1.165) is 65.6 Å². The number of nitrogens with zero attached hydrogens (tertiary/aromatic N) is 3. The number of rotatable bonds is 5. The maximum absolute atomic E-state index is 13.5. The number of aromatic nitrogens is 1. The van der Waals surface area contributed by atoms with Gasteiger partial charge in [-0.2, -0.15) is 0 Å². The number of halogens is 2. The molecular formula is C31H32Cl2N4O3. The van der Waals surface area contributed by atoms with Gasteiger partial charge in [-0.3, -0.25) is 9.80 Å². The first-order valence-corrected chi connectivity index (χ1v) is 14.3. The number of amides is 2. The van der Waals surface area contributed by atoms with Crippen LogP contribution in [0.2, 0.25) is 10.2 Å². The molecule has 0 aliphatic carbocycles. The SMILES string of the molecule is CC1(C)Oc2cc3c(cc2O1)C1(CCN(C/C=C/c2ccc(Cl)cc2)CC1)CN3C(=O)NCc1ccnc(Cl)c1. The predicted molar refractivity (Wildman–Crippen MR) is 158 cm³/mol. The van der Waals surface area contributed by atoms with Crippen LogP contribution in [-0.2, 0) is 12.0 Å². The summed E-state index contributed by atoms with van der Waals surface area (Å²) >= 11 is 12.0. The number of likely N-dealkylation sites (tertiary alicyclic amines) is 1. The van der Waals surface area contributed by atoms with Crippen LogP contribution in [0.15, 0.2) is 60.8 Å². The van der Waals surface area contributed by atoms with Crippen molar-refractivity contribution in [1.82, 2.24) is 15.2 Å². The van der Waals surface area contributed by atoms with E-state index in [0.29, 0.717) is 24.0 Å². The number of anilines is 1. The minimum absolute atomic E-state index is 0.141. The molecule has 3 aliphatic heterocycles. The van der Waals surface area contributed by atoms with E-state index in [1.807, 2.05) is 55.1 Å². The molecule has 3 aromatic rings. The Morgan fingerprint density at radius 2 is 1.77 bits per heavy atom. The van der Waals surface area contributed by atoms with E-state index >= 15 is 0 Å². The number of piperidine rings is 1. The Morgan fingerprint density at radius 3 is 2.50 bits per heavy atom. The van der Waals surface area contributed by atoms with Gasteiger partial charge in [0.1, 0.15) is 5.15 Å². The second kappa shape index (κ2) is 10.6. The highest BCUT2D eigenvalue weighted by Crippen LogP contribution is 2.53. The van der Waals surface area contributed by atoms with Gasteiger partial charge in [-0.1, -0.05) is 47.5 Å². The molecule has 0 saturated carbocycles. The van der Waals surface area contributed by atoms with Crippen molar-refractivity contribution in [3.05, 3.63) is 87.7 Å². The van der Waals surface area contributed by atoms with Gasteiger partial charge < -0.3 is 14.8 Å². The smallest absolute Gasteiger partial charge is 0.322 e. The van der Waals surface area contributed by atoms with Gasteiger partial charge in [-0.05, 0) is 73.0 Å². The molecule has 0 bridgehead atoms. The number of hydrogen-bond donors (Lipinski definition) is 1. The van der Waals surface area contributed by atoms with E-state index in [4.69, 9.17) is 32.7 Å². The Kier molecular flexibility index (Phi) is 7.15. The Hall–Kier alpha value is -3.26. The quantitative estimate of drug-likeness (QED) is 0.342. The molecule has 2 amide bonds. The zero-order valence-corrected chi connectivity index (χ0v) is 24.1. The third-order valence-corrected chi connectivity index (χ3v) is 8.39. The van der Waals surface area contributed by atoms with Crippen molar-refractivity contribution < 1.29 is 14.3 Å². The summed E-state index contributed by atoms with van der Waals surface area (Å²) in [6, 6.07) is 15.4. The van der Waals surface area contributed by atoms with Crippen LogP contribution in [0, 0.1) is 0 Å². The highest BCUT2D eigenvalue weighted by molar-refractivity contribution is 6.30. The van der Waals surface area contributed by atoms with Crippen LogP contribution in [0.3, 0.4) is 0 Å². The molecule has 1 N–H and O–H groups in total. The number of carbonyl (C=O) groups excluding carboxylic acids is 1. The molecule has 1 fully saturated rings. The van der Waals surface area contributed by atoms with Crippen LogP contribution in [-0.4, -0.2) is 47.9 Å². The van der Waals surface area contributed by atoms with Crippen molar-refractivity contribution >= 4 is 41.0 Å².